The first kappa shape index (κ1) is 13.3. The molecule has 1 atom stereocenters. The van der Waals surface area contributed by atoms with Crippen LogP contribution in [0.4, 0.5) is 5.95 Å². The van der Waals surface area contributed by atoms with Crippen LogP contribution in [0.15, 0.2) is 12.3 Å². The molecule has 0 saturated carbocycles. The maximum Gasteiger partial charge on any atom is 0.325 e. The van der Waals surface area contributed by atoms with Gasteiger partial charge in [-0.25, -0.2) is 9.97 Å². The van der Waals surface area contributed by atoms with E-state index in [1.54, 1.807) is 0 Å². The molecule has 0 aromatic carbocycles. The number of hydrogen-bond acceptors (Lipinski definition) is 5. The molecule has 1 saturated heterocycles. The van der Waals surface area contributed by atoms with Crippen molar-refractivity contribution in [2.24, 2.45) is 0 Å². The van der Waals surface area contributed by atoms with Crippen LogP contribution in [0.2, 0.25) is 0 Å². The summed E-state index contributed by atoms with van der Waals surface area (Å²) in [6.07, 6.45) is 3.70. The molecule has 1 aromatic heterocycles. The Morgan fingerprint density at radius 3 is 2.74 bits per heavy atom. The van der Waals surface area contributed by atoms with Crippen LogP contribution in [0.5, 0.6) is 0 Å². The number of amides is 1. The van der Waals surface area contributed by atoms with Gasteiger partial charge in [0.1, 0.15) is 11.7 Å². The number of aliphatic carboxylic acids is 1. The first-order valence-corrected chi connectivity index (χ1v) is 6.19. The van der Waals surface area contributed by atoms with Gasteiger partial charge < -0.3 is 15.3 Å². The quantitative estimate of drug-likeness (QED) is 0.811. The minimum atomic E-state index is -1.08. The van der Waals surface area contributed by atoms with E-state index in [4.69, 9.17) is 5.11 Å². The maximum atomic E-state index is 11.8. The van der Waals surface area contributed by atoms with Crippen LogP contribution in [0.1, 0.15) is 30.3 Å². The highest BCUT2D eigenvalue weighted by molar-refractivity contribution is 5.95. The van der Waals surface area contributed by atoms with E-state index in [1.807, 2.05) is 4.90 Å². The fourth-order valence-corrected chi connectivity index (χ4v) is 1.88. The Kier molecular flexibility index (Phi) is 3.94. The molecule has 2 heterocycles. The predicted molar refractivity (Wildman–Crippen MR) is 68.0 cm³/mol. The van der Waals surface area contributed by atoms with Gasteiger partial charge >= 0.3 is 5.97 Å². The third-order valence-electron chi connectivity index (χ3n) is 2.98. The molecule has 1 aliphatic heterocycles. The third-order valence-corrected chi connectivity index (χ3v) is 2.98. The molecule has 2 rings (SSSR count). The normalized spacial score (nSPS) is 16.2. The number of nitrogens with zero attached hydrogens (tertiary/aromatic N) is 3. The number of carboxylic acid groups (broad SMARTS) is 1. The zero-order chi connectivity index (χ0) is 13.8. The van der Waals surface area contributed by atoms with Gasteiger partial charge in [-0.1, -0.05) is 0 Å². The summed E-state index contributed by atoms with van der Waals surface area (Å²) in [6, 6.07) is 0.529. The summed E-state index contributed by atoms with van der Waals surface area (Å²) < 4.78 is 0. The van der Waals surface area contributed by atoms with Gasteiger partial charge in [0.25, 0.3) is 5.91 Å². The predicted octanol–water partition coefficient (Wildman–Crippen LogP) is 0.280. The molecule has 0 unspecified atom stereocenters. The lowest BCUT2D eigenvalue weighted by Crippen LogP contribution is -2.38. The summed E-state index contributed by atoms with van der Waals surface area (Å²) in [4.78, 5) is 32.9. The lowest BCUT2D eigenvalue weighted by atomic mass is 10.3. The van der Waals surface area contributed by atoms with E-state index in [-0.39, 0.29) is 5.69 Å². The summed E-state index contributed by atoms with van der Waals surface area (Å²) in [5, 5.41) is 11.1. The number of hydrogen-bond donors (Lipinski definition) is 2. The van der Waals surface area contributed by atoms with Gasteiger partial charge in [-0.3, -0.25) is 9.59 Å². The van der Waals surface area contributed by atoms with Gasteiger partial charge in [-0.2, -0.15) is 0 Å². The Morgan fingerprint density at radius 2 is 2.11 bits per heavy atom. The van der Waals surface area contributed by atoms with Gasteiger partial charge in [0.05, 0.1) is 0 Å². The minimum Gasteiger partial charge on any atom is -0.480 e. The van der Waals surface area contributed by atoms with E-state index < -0.39 is 17.9 Å². The molecule has 19 heavy (non-hydrogen) atoms. The lowest BCUT2D eigenvalue weighted by molar-refractivity contribution is -0.138. The SMILES string of the molecule is C[C@H](NC(=O)c1ccnc(N2CCCC2)n1)C(=O)O. The van der Waals surface area contributed by atoms with Crippen LogP contribution in [0.25, 0.3) is 0 Å². The van der Waals surface area contributed by atoms with E-state index in [0.717, 1.165) is 25.9 Å². The number of anilines is 1. The summed E-state index contributed by atoms with van der Waals surface area (Å²) >= 11 is 0. The van der Waals surface area contributed by atoms with E-state index in [1.165, 1.54) is 19.2 Å². The number of carbonyl (C=O) groups excluding carboxylic acids is 1. The van der Waals surface area contributed by atoms with Crippen molar-refractivity contribution < 1.29 is 14.7 Å². The monoisotopic (exact) mass is 264 g/mol. The Labute approximate surface area is 110 Å². The van der Waals surface area contributed by atoms with Crippen LogP contribution in [-0.4, -0.2) is 46.1 Å². The summed E-state index contributed by atoms with van der Waals surface area (Å²) in [7, 11) is 0. The molecule has 0 spiro atoms. The summed E-state index contributed by atoms with van der Waals surface area (Å²) in [5.74, 6) is -1.06. The van der Waals surface area contributed by atoms with E-state index in [9.17, 15) is 9.59 Å². The molecule has 1 aliphatic rings. The van der Waals surface area contributed by atoms with Gasteiger partial charge in [-0.05, 0) is 25.8 Å². The van der Waals surface area contributed by atoms with Crippen LogP contribution in [-0.2, 0) is 4.79 Å². The second kappa shape index (κ2) is 5.64. The molecule has 1 fully saturated rings. The largest absolute Gasteiger partial charge is 0.480 e. The van der Waals surface area contributed by atoms with Crippen molar-refractivity contribution in [3.63, 3.8) is 0 Å². The Bertz CT molecular complexity index is 486. The number of rotatable bonds is 4. The fourth-order valence-electron chi connectivity index (χ4n) is 1.88. The smallest absolute Gasteiger partial charge is 0.325 e. The van der Waals surface area contributed by atoms with Gasteiger partial charge in [0.15, 0.2) is 0 Å². The van der Waals surface area contributed by atoms with Crippen molar-refractivity contribution in [1.82, 2.24) is 15.3 Å². The molecule has 1 aromatic rings. The first-order valence-electron chi connectivity index (χ1n) is 6.19. The number of nitrogens with one attached hydrogen (secondary N) is 1. The van der Waals surface area contributed by atoms with E-state index >= 15 is 0 Å². The van der Waals surface area contributed by atoms with Crippen molar-refractivity contribution in [2.75, 3.05) is 18.0 Å². The van der Waals surface area contributed by atoms with Crippen LogP contribution < -0.4 is 10.2 Å². The fraction of sp³-hybridized carbons (Fsp3) is 0.500. The highest BCUT2D eigenvalue weighted by Crippen LogP contribution is 2.15. The molecular formula is C12H16N4O3. The second-order valence-electron chi connectivity index (χ2n) is 4.47. The molecule has 2 N–H and O–H groups in total. The number of carbonyl (C=O) groups is 2. The summed E-state index contributed by atoms with van der Waals surface area (Å²) in [6.45, 7) is 3.18. The van der Waals surface area contributed by atoms with Crippen LogP contribution >= 0.6 is 0 Å². The van der Waals surface area contributed by atoms with Crippen LogP contribution in [0, 0.1) is 0 Å². The van der Waals surface area contributed by atoms with Crippen molar-refractivity contribution >= 4 is 17.8 Å². The summed E-state index contributed by atoms with van der Waals surface area (Å²) in [5.41, 5.74) is 0.185. The average Bonchev–Trinajstić information content (AvgIpc) is 2.92. The Morgan fingerprint density at radius 1 is 1.42 bits per heavy atom. The molecule has 1 amide bonds. The number of aromatic nitrogens is 2. The Balaban J connectivity index is 2.09. The first-order chi connectivity index (χ1) is 9.08. The molecule has 0 radical (unpaired) electrons. The maximum absolute atomic E-state index is 11.8. The molecule has 0 aliphatic carbocycles. The minimum absolute atomic E-state index is 0.185. The van der Waals surface area contributed by atoms with Crippen LogP contribution in [0.3, 0.4) is 0 Å². The van der Waals surface area contributed by atoms with Crippen molar-refractivity contribution in [2.45, 2.75) is 25.8 Å². The van der Waals surface area contributed by atoms with E-state index in [2.05, 4.69) is 15.3 Å². The standard InChI is InChI=1S/C12H16N4O3/c1-8(11(18)19)14-10(17)9-4-5-13-12(15-9)16-6-2-3-7-16/h4-5,8H,2-3,6-7H2,1H3,(H,14,17)(H,18,19)/t8-/m0/s1. The van der Waals surface area contributed by atoms with Crippen molar-refractivity contribution in [3.8, 4) is 0 Å². The zero-order valence-corrected chi connectivity index (χ0v) is 10.7. The lowest BCUT2D eigenvalue weighted by Gasteiger charge is -2.15. The zero-order valence-electron chi connectivity index (χ0n) is 10.7. The highest BCUT2D eigenvalue weighted by atomic mass is 16.4. The Hall–Kier alpha value is -2.18. The number of carboxylic acids is 1. The van der Waals surface area contributed by atoms with Crippen molar-refractivity contribution in [3.05, 3.63) is 18.0 Å². The highest BCUT2D eigenvalue weighted by Gasteiger charge is 2.19. The molecule has 0 bridgehead atoms. The van der Waals surface area contributed by atoms with Gasteiger partial charge in [-0.15, -0.1) is 0 Å². The second-order valence-corrected chi connectivity index (χ2v) is 4.47. The average molecular weight is 264 g/mol. The molecule has 7 heteroatoms. The molecule has 7 nitrogen and oxygen atoms in total. The third kappa shape index (κ3) is 3.18. The van der Waals surface area contributed by atoms with Gasteiger partial charge in [0.2, 0.25) is 5.95 Å². The van der Waals surface area contributed by atoms with E-state index in [0.29, 0.717) is 5.95 Å². The van der Waals surface area contributed by atoms with Gasteiger partial charge in [0, 0.05) is 19.3 Å². The van der Waals surface area contributed by atoms with Crippen molar-refractivity contribution in [1.29, 1.82) is 0 Å². The molecule has 102 valence electrons. The molecular weight excluding hydrogens is 248 g/mol. The topological polar surface area (TPSA) is 95.4 Å².